The number of halogens is 8. The van der Waals surface area contributed by atoms with E-state index >= 15 is 0 Å². The van der Waals surface area contributed by atoms with Gasteiger partial charge in [-0.2, -0.15) is 10.0 Å². The van der Waals surface area contributed by atoms with Gasteiger partial charge in [-0.1, -0.05) is 0 Å². The molecule has 2 nitrogen and oxygen atoms in total. The minimum atomic E-state index is -6.00. The molecule has 0 radical (unpaired) electrons. The largest absolute Gasteiger partial charge is 0.673 e. The van der Waals surface area contributed by atoms with Crippen LogP contribution in [-0.2, 0) is 0 Å². The molecule has 0 aromatic heterocycles. The molecule has 12 heteroatoms. The molecule has 2 N–H and O–H groups in total. The molecule has 134 valence electrons. The molecule has 0 aromatic carbocycles. The van der Waals surface area contributed by atoms with Gasteiger partial charge in [0.2, 0.25) is 0 Å². The van der Waals surface area contributed by atoms with E-state index in [0.717, 1.165) is 0 Å². The summed E-state index contributed by atoms with van der Waals surface area (Å²) in [4.78, 5) is 0. The molecule has 0 amide bonds. The Morgan fingerprint density at radius 1 is 0.409 bits per heavy atom. The topological polar surface area (TPSA) is 8.88 Å². The summed E-state index contributed by atoms with van der Waals surface area (Å²) in [5, 5.41) is 3.72. The second kappa shape index (κ2) is 10.3. The van der Waals surface area contributed by atoms with E-state index in [2.05, 4.69) is 0 Å². The third-order valence-electron chi connectivity index (χ3n) is 3.41. The molecule has 2 fully saturated rings. The van der Waals surface area contributed by atoms with Crippen molar-refractivity contribution in [1.29, 1.82) is 0 Å². The van der Waals surface area contributed by atoms with Gasteiger partial charge in [-0.05, 0) is 12.8 Å². The maximum Gasteiger partial charge on any atom is 0.673 e. The zero-order chi connectivity index (χ0) is 17.2. The normalized spacial score (nSPS) is 21.3. The van der Waals surface area contributed by atoms with Crippen molar-refractivity contribution in [3.05, 3.63) is 0 Å². The quantitative estimate of drug-likeness (QED) is 0.529. The predicted molar refractivity (Wildman–Crippen MR) is 69.5 cm³/mol. The highest BCUT2D eigenvalue weighted by Crippen LogP contribution is 2.07. The zero-order valence-corrected chi connectivity index (χ0v) is 12.2. The maximum absolute atomic E-state index is 9.75. The first-order chi connectivity index (χ1) is 9.97. The molecular weight excluding hydrogens is 322 g/mol. The number of rotatable bonds is 1. The first-order valence-corrected chi connectivity index (χ1v) is 7.41. The molecule has 0 atom stereocenters. The summed E-state index contributed by atoms with van der Waals surface area (Å²) in [5.41, 5.74) is 0. The first kappa shape index (κ1) is 21.5. The van der Waals surface area contributed by atoms with Crippen LogP contribution in [0.25, 0.3) is 0 Å². The van der Waals surface area contributed by atoms with E-state index in [4.69, 9.17) is 0 Å². The fourth-order valence-corrected chi connectivity index (χ4v) is 2.66. The summed E-state index contributed by atoms with van der Waals surface area (Å²) in [7, 11) is -12.0. The number of hydrogen-bond donors (Lipinski definition) is 2. The molecule has 0 aliphatic carbocycles. The highest BCUT2D eigenvalue weighted by Gasteiger charge is 2.26. The lowest BCUT2D eigenvalue weighted by atomic mass is 10.1. The summed E-state index contributed by atoms with van der Waals surface area (Å²) < 4.78 is 78.0. The molecule has 2 aliphatic heterocycles. The van der Waals surface area contributed by atoms with Gasteiger partial charge in [-0.3, -0.25) is 0 Å². The molecule has 2 heterocycles. The standard InChI is InChI=1S/C10H22N2.2BF4/c1-3-7-11(8-4-1)12-9-5-2-6-10-12;2*2-1(3,4)5/h11-12H,1-10H2;;/q+2;2*-1. The summed E-state index contributed by atoms with van der Waals surface area (Å²) in [6, 6.07) is 0. The Hall–Kier alpha value is -0.510. The van der Waals surface area contributed by atoms with E-state index in [1.54, 1.807) is 0 Å². The van der Waals surface area contributed by atoms with E-state index in [-0.39, 0.29) is 0 Å². The van der Waals surface area contributed by atoms with Gasteiger partial charge in [-0.25, -0.2) is 0 Å². The van der Waals surface area contributed by atoms with Crippen LogP contribution in [0.15, 0.2) is 0 Å². The van der Waals surface area contributed by atoms with Crippen LogP contribution in [0.2, 0.25) is 0 Å². The lowest BCUT2D eigenvalue weighted by Gasteiger charge is -2.32. The van der Waals surface area contributed by atoms with Crippen LogP contribution in [-0.4, -0.2) is 40.7 Å². The fraction of sp³-hybridized carbons (Fsp3) is 1.00. The van der Waals surface area contributed by atoms with Gasteiger partial charge >= 0.3 is 14.5 Å². The Bertz CT molecular complexity index is 235. The van der Waals surface area contributed by atoms with Crippen LogP contribution >= 0.6 is 0 Å². The molecule has 22 heavy (non-hydrogen) atoms. The zero-order valence-electron chi connectivity index (χ0n) is 12.2. The molecule has 0 aromatic rings. The Balaban J connectivity index is 0.000000372. The third-order valence-corrected chi connectivity index (χ3v) is 3.41. The number of nitrogens with one attached hydrogen (secondary N) is 2. The Labute approximate surface area is 125 Å². The molecular formula is C10H22B2F8N2. The van der Waals surface area contributed by atoms with Crippen LogP contribution in [0.3, 0.4) is 0 Å². The maximum atomic E-state index is 9.75. The van der Waals surface area contributed by atoms with Crippen LogP contribution in [0.5, 0.6) is 0 Å². The molecule has 2 saturated heterocycles. The van der Waals surface area contributed by atoms with Gasteiger partial charge in [0, 0.05) is 25.7 Å². The van der Waals surface area contributed by atoms with Crippen molar-refractivity contribution < 1.29 is 44.5 Å². The van der Waals surface area contributed by atoms with E-state index in [1.165, 1.54) is 64.7 Å². The second-order valence-corrected chi connectivity index (χ2v) is 5.32. The van der Waals surface area contributed by atoms with Crippen molar-refractivity contribution in [2.45, 2.75) is 38.5 Å². The average Bonchev–Trinajstić information content (AvgIpc) is 2.37. The molecule has 2 aliphatic rings. The Kier molecular flexibility index (Phi) is 10.1. The first-order valence-electron chi connectivity index (χ1n) is 7.41. The van der Waals surface area contributed by atoms with Gasteiger partial charge in [0.05, 0.1) is 0 Å². The molecule has 2 rings (SSSR count). The van der Waals surface area contributed by atoms with Crippen molar-refractivity contribution in [3.8, 4) is 0 Å². The molecule has 0 bridgehead atoms. The van der Waals surface area contributed by atoms with Crippen molar-refractivity contribution >= 4 is 14.5 Å². The van der Waals surface area contributed by atoms with Crippen molar-refractivity contribution in [3.63, 3.8) is 0 Å². The van der Waals surface area contributed by atoms with E-state index in [0.29, 0.717) is 0 Å². The van der Waals surface area contributed by atoms with Crippen LogP contribution < -0.4 is 10.0 Å². The summed E-state index contributed by atoms with van der Waals surface area (Å²) >= 11 is 0. The van der Waals surface area contributed by atoms with Gasteiger partial charge in [0.1, 0.15) is 26.2 Å². The van der Waals surface area contributed by atoms with Crippen molar-refractivity contribution in [2.24, 2.45) is 0 Å². The monoisotopic (exact) mass is 344 g/mol. The highest BCUT2D eigenvalue weighted by molar-refractivity contribution is 6.50. The highest BCUT2D eigenvalue weighted by atomic mass is 19.5. The van der Waals surface area contributed by atoms with E-state index in [1.807, 2.05) is 10.0 Å². The SMILES string of the molecule is C1CC[NH+]([NH+]2CCCCC2)CC1.F[B-](F)(F)F.F[B-](F)(F)F. The van der Waals surface area contributed by atoms with Crippen molar-refractivity contribution in [1.82, 2.24) is 0 Å². The average molecular weight is 344 g/mol. The predicted octanol–water partition coefficient (Wildman–Crippen LogP) is 1.64. The Morgan fingerprint density at radius 3 is 0.773 bits per heavy atom. The molecule has 0 unspecified atom stereocenters. The number of quaternary nitrogens is 2. The smallest absolute Gasteiger partial charge is 0.418 e. The lowest BCUT2D eigenvalue weighted by Crippen LogP contribution is -3.60. The Morgan fingerprint density at radius 2 is 0.591 bits per heavy atom. The minimum Gasteiger partial charge on any atom is -0.418 e. The van der Waals surface area contributed by atoms with Gasteiger partial charge in [-0.15, -0.1) is 0 Å². The van der Waals surface area contributed by atoms with Crippen LogP contribution in [0.4, 0.5) is 34.5 Å². The van der Waals surface area contributed by atoms with Crippen LogP contribution in [0.1, 0.15) is 38.5 Å². The van der Waals surface area contributed by atoms with Crippen molar-refractivity contribution in [2.75, 3.05) is 26.2 Å². The van der Waals surface area contributed by atoms with Crippen LogP contribution in [0, 0.1) is 0 Å². The van der Waals surface area contributed by atoms with Gasteiger partial charge in [0.25, 0.3) is 0 Å². The van der Waals surface area contributed by atoms with E-state index < -0.39 is 14.5 Å². The second-order valence-electron chi connectivity index (χ2n) is 5.32. The lowest BCUT2D eigenvalue weighted by molar-refractivity contribution is -1.50. The summed E-state index contributed by atoms with van der Waals surface area (Å²) in [6.45, 7) is 5.76. The minimum absolute atomic E-state index is 1.44. The number of hydrogen-bond acceptors (Lipinski definition) is 0. The summed E-state index contributed by atoms with van der Waals surface area (Å²) in [5.74, 6) is 0. The third kappa shape index (κ3) is 17.5. The molecule has 0 saturated carbocycles. The van der Waals surface area contributed by atoms with Gasteiger partial charge < -0.3 is 34.5 Å². The molecule has 0 spiro atoms. The number of piperidine rings is 2. The van der Waals surface area contributed by atoms with Gasteiger partial charge in [0.15, 0.2) is 0 Å². The summed E-state index contributed by atoms with van der Waals surface area (Å²) in [6.07, 6.45) is 8.85. The van der Waals surface area contributed by atoms with E-state index in [9.17, 15) is 34.5 Å². The fourth-order valence-electron chi connectivity index (χ4n) is 2.66.